The fourth-order valence-electron chi connectivity index (χ4n) is 3.27. The molecule has 0 saturated carbocycles. The summed E-state index contributed by atoms with van der Waals surface area (Å²) in [5, 5.41) is 0. The topological polar surface area (TPSA) is 98.5 Å². The van der Waals surface area contributed by atoms with Crippen LogP contribution in [0.15, 0.2) is 30.3 Å². The monoisotopic (exact) mass is 425 g/mol. The van der Waals surface area contributed by atoms with Crippen molar-refractivity contribution in [2.24, 2.45) is 5.73 Å². The Morgan fingerprint density at radius 3 is 2.43 bits per heavy atom. The molecule has 1 saturated heterocycles. The number of rotatable bonds is 10. The van der Waals surface area contributed by atoms with Gasteiger partial charge in [-0.25, -0.2) is 4.79 Å². The molecule has 1 aliphatic rings. The molecule has 1 fully saturated rings. The maximum Gasteiger partial charge on any atom is 0.332 e. The molecule has 170 valence electrons. The van der Waals surface area contributed by atoms with Gasteiger partial charge in [-0.3, -0.25) is 0 Å². The number of ether oxygens (including phenoxy) is 6. The molecule has 30 heavy (non-hydrogen) atoms. The van der Waals surface area contributed by atoms with Gasteiger partial charge in [0.05, 0.1) is 19.3 Å². The third-order valence-electron chi connectivity index (χ3n) is 4.50. The number of nitrogens with two attached hydrogens (primary N) is 1. The third-order valence-corrected chi connectivity index (χ3v) is 4.50. The zero-order valence-electron chi connectivity index (χ0n) is 18.5. The number of esters is 1. The second kappa shape index (κ2) is 11.7. The van der Waals surface area contributed by atoms with E-state index in [4.69, 9.17) is 34.2 Å². The molecule has 1 aliphatic heterocycles. The van der Waals surface area contributed by atoms with Crippen LogP contribution in [0.2, 0.25) is 0 Å². The van der Waals surface area contributed by atoms with Crippen molar-refractivity contribution in [3.63, 3.8) is 0 Å². The SMILES string of the molecule is CCOC1OC(COCc2ccccc2)[C@@H](OC)[C@H](OCC(=O)OC(C)(C)C)C1N. The Morgan fingerprint density at radius 2 is 1.83 bits per heavy atom. The van der Waals surface area contributed by atoms with E-state index in [1.807, 2.05) is 37.3 Å². The van der Waals surface area contributed by atoms with Crippen molar-refractivity contribution >= 4 is 5.97 Å². The normalized spacial score (nSPS) is 27.1. The van der Waals surface area contributed by atoms with Crippen LogP contribution in [-0.4, -0.2) is 69.1 Å². The number of carbonyl (C=O) groups is 1. The van der Waals surface area contributed by atoms with Gasteiger partial charge >= 0.3 is 5.97 Å². The van der Waals surface area contributed by atoms with Crippen LogP contribution in [0, 0.1) is 0 Å². The molecular formula is C22H35NO7. The van der Waals surface area contributed by atoms with Gasteiger partial charge < -0.3 is 34.2 Å². The Balaban J connectivity index is 2.02. The fraction of sp³-hybridized carbons (Fsp3) is 0.682. The summed E-state index contributed by atoms with van der Waals surface area (Å²) in [6.07, 6.45) is -2.33. The van der Waals surface area contributed by atoms with Crippen LogP contribution in [-0.2, 0) is 39.8 Å². The van der Waals surface area contributed by atoms with E-state index in [1.165, 1.54) is 0 Å². The van der Waals surface area contributed by atoms with Crippen molar-refractivity contribution in [1.82, 2.24) is 0 Å². The van der Waals surface area contributed by atoms with E-state index in [-0.39, 0.29) is 13.2 Å². The van der Waals surface area contributed by atoms with E-state index in [1.54, 1.807) is 27.9 Å². The van der Waals surface area contributed by atoms with Gasteiger partial charge in [0.25, 0.3) is 0 Å². The maximum atomic E-state index is 12.1. The van der Waals surface area contributed by atoms with Crippen LogP contribution in [0.1, 0.15) is 33.3 Å². The predicted octanol–water partition coefficient (Wildman–Crippen LogP) is 2.03. The zero-order valence-corrected chi connectivity index (χ0v) is 18.5. The highest BCUT2D eigenvalue weighted by Gasteiger charge is 2.46. The van der Waals surface area contributed by atoms with Crippen molar-refractivity contribution in [2.75, 3.05) is 26.9 Å². The van der Waals surface area contributed by atoms with Crippen LogP contribution in [0.25, 0.3) is 0 Å². The van der Waals surface area contributed by atoms with E-state index in [2.05, 4.69) is 0 Å². The quantitative estimate of drug-likeness (QED) is 0.569. The highest BCUT2D eigenvalue weighted by atomic mass is 16.7. The maximum absolute atomic E-state index is 12.1. The first-order chi connectivity index (χ1) is 14.2. The van der Waals surface area contributed by atoms with E-state index < -0.39 is 42.2 Å². The minimum absolute atomic E-state index is 0.244. The molecule has 3 unspecified atom stereocenters. The van der Waals surface area contributed by atoms with Gasteiger partial charge in [0, 0.05) is 13.7 Å². The number of methoxy groups -OCH3 is 1. The molecular weight excluding hydrogens is 390 g/mol. The Bertz CT molecular complexity index is 634. The standard InChI is InChI=1S/C22H35NO7/c1-6-27-21-18(23)20(28-14-17(24)30-22(2,3)4)19(25-5)16(29-21)13-26-12-15-10-8-7-9-11-15/h7-11,16,18-21H,6,12-14,23H2,1-5H3/t16?,18?,19-,20-,21?/m1/s1. The van der Waals surface area contributed by atoms with Crippen molar-refractivity contribution < 1.29 is 33.2 Å². The van der Waals surface area contributed by atoms with Crippen LogP contribution in [0.4, 0.5) is 0 Å². The molecule has 8 heteroatoms. The highest BCUT2D eigenvalue weighted by Crippen LogP contribution is 2.26. The van der Waals surface area contributed by atoms with E-state index >= 15 is 0 Å². The second-order valence-electron chi connectivity index (χ2n) is 8.14. The summed E-state index contributed by atoms with van der Waals surface area (Å²) in [4.78, 5) is 12.1. The average Bonchev–Trinajstić information content (AvgIpc) is 2.68. The van der Waals surface area contributed by atoms with Gasteiger partial charge in [0.2, 0.25) is 0 Å². The van der Waals surface area contributed by atoms with Crippen LogP contribution >= 0.6 is 0 Å². The molecule has 1 heterocycles. The first-order valence-electron chi connectivity index (χ1n) is 10.3. The summed E-state index contributed by atoms with van der Waals surface area (Å²) < 4.78 is 34.3. The van der Waals surface area contributed by atoms with E-state index in [0.717, 1.165) is 5.56 Å². The van der Waals surface area contributed by atoms with Gasteiger partial charge in [-0.05, 0) is 33.3 Å². The molecule has 2 N–H and O–H groups in total. The molecule has 1 aromatic rings. The molecule has 0 spiro atoms. The molecule has 0 radical (unpaired) electrons. The van der Waals surface area contributed by atoms with Gasteiger partial charge in [-0.15, -0.1) is 0 Å². The Labute approximate surface area is 178 Å². The van der Waals surface area contributed by atoms with Crippen molar-refractivity contribution in [3.05, 3.63) is 35.9 Å². The summed E-state index contributed by atoms with van der Waals surface area (Å²) in [5.74, 6) is -0.471. The fourth-order valence-corrected chi connectivity index (χ4v) is 3.27. The zero-order chi connectivity index (χ0) is 22.1. The summed E-state index contributed by atoms with van der Waals surface area (Å²) in [7, 11) is 1.55. The molecule has 1 aromatic carbocycles. The minimum Gasteiger partial charge on any atom is -0.458 e. The summed E-state index contributed by atoms with van der Waals surface area (Å²) in [6, 6.07) is 9.21. The molecule has 0 amide bonds. The number of hydrogen-bond acceptors (Lipinski definition) is 8. The third kappa shape index (κ3) is 7.61. The van der Waals surface area contributed by atoms with Gasteiger partial charge in [0.15, 0.2) is 6.29 Å². The lowest BCUT2D eigenvalue weighted by Gasteiger charge is -2.44. The van der Waals surface area contributed by atoms with E-state index in [0.29, 0.717) is 13.2 Å². The predicted molar refractivity (Wildman–Crippen MR) is 111 cm³/mol. The lowest BCUT2D eigenvalue weighted by molar-refractivity contribution is -0.278. The molecule has 5 atom stereocenters. The first-order valence-corrected chi connectivity index (χ1v) is 10.3. The van der Waals surface area contributed by atoms with Crippen LogP contribution < -0.4 is 5.73 Å². The first kappa shape index (κ1) is 24.7. The van der Waals surface area contributed by atoms with Crippen molar-refractivity contribution in [3.8, 4) is 0 Å². The van der Waals surface area contributed by atoms with Crippen molar-refractivity contribution in [1.29, 1.82) is 0 Å². The smallest absolute Gasteiger partial charge is 0.332 e. The molecule has 0 aliphatic carbocycles. The summed E-state index contributed by atoms with van der Waals surface area (Å²) in [6.45, 7) is 8.13. The minimum atomic E-state index is -0.699. The highest BCUT2D eigenvalue weighted by molar-refractivity contribution is 5.71. The number of hydrogen-bond donors (Lipinski definition) is 1. The number of benzene rings is 1. The molecule has 2 rings (SSSR count). The van der Waals surface area contributed by atoms with Gasteiger partial charge in [-0.1, -0.05) is 30.3 Å². The van der Waals surface area contributed by atoms with Gasteiger partial charge in [0.1, 0.15) is 30.5 Å². The van der Waals surface area contributed by atoms with Gasteiger partial charge in [-0.2, -0.15) is 0 Å². The Kier molecular flexibility index (Phi) is 9.67. The lowest BCUT2D eigenvalue weighted by Crippen LogP contribution is -2.64. The second-order valence-corrected chi connectivity index (χ2v) is 8.14. The van der Waals surface area contributed by atoms with E-state index in [9.17, 15) is 4.79 Å². The number of carbonyl (C=O) groups excluding carboxylic acids is 1. The molecule has 0 aromatic heterocycles. The van der Waals surface area contributed by atoms with Crippen molar-refractivity contribution in [2.45, 2.75) is 70.5 Å². The molecule has 0 bridgehead atoms. The van der Waals surface area contributed by atoms with Crippen LogP contribution in [0.3, 0.4) is 0 Å². The summed E-state index contributed by atoms with van der Waals surface area (Å²) in [5.41, 5.74) is 6.78. The van der Waals surface area contributed by atoms with Crippen LogP contribution in [0.5, 0.6) is 0 Å². The average molecular weight is 426 g/mol. The molecule has 8 nitrogen and oxygen atoms in total. The largest absolute Gasteiger partial charge is 0.458 e. The lowest BCUT2D eigenvalue weighted by atomic mass is 9.97. The summed E-state index contributed by atoms with van der Waals surface area (Å²) >= 11 is 0. The Hall–Kier alpha value is -1.55. The Morgan fingerprint density at radius 1 is 1.13 bits per heavy atom.